The number of amides is 1. The molecule has 3 rings (SSSR count). The van der Waals surface area contributed by atoms with Crippen LogP contribution in [0.5, 0.6) is 5.75 Å². The number of ether oxygens (including phenoxy) is 1. The Balaban J connectivity index is 1.58. The van der Waals surface area contributed by atoms with E-state index in [1.807, 2.05) is 13.8 Å². The van der Waals surface area contributed by atoms with Crippen LogP contribution in [0.15, 0.2) is 41.3 Å². The molecule has 0 radical (unpaired) electrons. The van der Waals surface area contributed by atoms with E-state index in [1.165, 1.54) is 9.21 Å². The number of nitrogens with zero attached hydrogens (tertiary/aromatic N) is 2. The minimum atomic E-state index is -3.64. The van der Waals surface area contributed by atoms with Crippen molar-refractivity contribution in [3.8, 4) is 5.75 Å². The summed E-state index contributed by atoms with van der Waals surface area (Å²) in [6.07, 6.45) is 0. The fourth-order valence-corrected chi connectivity index (χ4v) is 4.53. The van der Waals surface area contributed by atoms with Gasteiger partial charge >= 0.3 is 0 Å². The van der Waals surface area contributed by atoms with E-state index < -0.39 is 34.2 Å². The molecule has 1 aliphatic heterocycles. The summed E-state index contributed by atoms with van der Waals surface area (Å²) < 4.78 is 58.6. The lowest BCUT2D eigenvalue weighted by atomic mass is 10.1. The minimum absolute atomic E-state index is 0.159. The van der Waals surface area contributed by atoms with Crippen molar-refractivity contribution in [1.29, 1.82) is 0 Å². The number of rotatable bonds is 5. The van der Waals surface area contributed by atoms with Crippen molar-refractivity contribution in [2.45, 2.75) is 18.7 Å². The van der Waals surface area contributed by atoms with Crippen LogP contribution in [-0.2, 0) is 14.8 Å². The van der Waals surface area contributed by atoms with Gasteiger partial charge in [-0.1, -0.05) is 6.07 Å². The molecule has 1 heterocycles. The van der Waals surface area contributed by atoms with Gasteiger partial charge in [0, 0.05) is 32.2 Å². The van der Waals surface area contributed by atoms with Crippen molar-refractivity contribution in [3.63, 3.8) is 0 Å². The van der Waals surface area contributed by atoms with Crippen LogP contribution >= 0.6 is 0 Å². The molecule has 1 amide bonds. The number of benzene rings is 2. The van der Waals surface area contributed by atoms with Gasteiger partial charge in [-0.2, -0.15) is 4.31 Å². The monoisotopic (exact) mass is 424 g/mol. The molecule has 0 aliphatic carbocycles. The van der Waals surface area contributed by atoms with Crippen LogP contribution in [0, 0.1) is 25.5 Å². The molecule has 6 nitrogen and oxygen atoms in total. The van der Waals surface area contributed by atoms with Gasteiger partial charge in [0.15, 0.2) is 18.2 Å². The maximum atomic E-state index is 13.6. The molecule has 29 heavy (non-hydrogen) atoms. The van der Waals surface area contributed by atoms with Crippen LogP contribution in [0.2, 0.25) is 0 Å². The standard InChI is InChI=1S/C20H22F2N2O4S/c1-14-3-5-17(11-15(14)2)29(26,27)24-9-7-23(8-10-24)20(25)13-28-19-6-4-16(21)12-18(19)22/h3-6,11-12H,7-10,13H2,1-2H3. The summed E-state index contributed by atoms with van der Waals surface area (Å²) in [5.74, 6) is -2.22. The summed E-state index contributed by atoms with van der Waals surface area (Å²) in [5.41, 5.74) is 1.90. The van der Waals surface area contributed by atoms with Crippen molar-refractivity contribution >= 4 is 15.9 Å². The van der Waals surface area contributed by atoms with Gasteiger partial charge in [0.1, 0.15) is 5.82 Å². The van der Waals surface area contributed by atoms with Gasteiger partial charge in [-0.25, -0.2) is 17.2 Å². The summed E-state index contributed by atoms with van der Waals surface area (Å²) in [6, 6.07) is 7.84. The zero-order chi connectivity index (χ0) is 21.2. The number of halogens is 2. The van der Waals surface area contributed by atoms with Gasteiger partial charge in [0.25, 0.3) is 5.91 Å². The molecule has 0 atom stereocenters. The van der Waals surface area contributed by atoms with E-state index in [4.69, 9.17) is 4.74 Å². The number of aryl methyl sites for hydroxylation is 2. The Kier molecular flexibility index (Phi) is 6.18. The molecule has 0 bridgehead atoms. The number of piperazine rings is 1. The fourth-order valence-electron chi connectivity index (χ4n) is 3.02. The third-order valence-electron chi connectivity index (χ3n) is 4.95. The molecular formula is C20H22F2N2O4S. The molecule has 0 N–H and O–H groups in total. The number of hydrogen-bond donors (Lipinski definition) is 0. The van der Waals surface area contributed by atoms with Gasteiger partial charge < -0.3 is 9.64 Å². The van der Waals surface area contributed by atoms with E-state index in [2.05, 4.69) is 0 Å². The van der Waals surface area contributed by atoms with E-state index in [0.29, 0.717) is 6.07 Å². The van der Waals surface area contributed by atoms with E-state index in [1.54, 1.807) is 18.2 Å². The second kappa shape index (κ2) is 8.46. The molecule has 2 aromatic carbocycles. The maximum absolute atomic E-state index is 13.6. The van der Waals surface area contributed by atoms with Crippen molar-refractivity contribution in [1.82, 2.24) is 9.21 Å². The Morgan fingerprint density at radius 2 is 1.69 bits per heavy atom. The first-order valence-electron chi connectivity index (χ1n) is 9.11. The van der Waals surface area contributed by atoms with Gasteiger partial charge in [-0.15, -0.1) is 0 Å². The zero-order valence-corrected chi connectivity index (χ0v) is 17.0. The molecule has 9 heteroatoms. The lowest BCUT2D eigenvalue weighted by Crippen LogP contribution is -2.51. The number of carbonyl (C=O) groups is 1. The second-order valence-corrected chi connectivity index (χ2v) is 8.83. The average molecular weight is 424 g/mol. The highest BCUT2D eigenvalue weighted by Crippen LogP contribution is 2.21. The largest absolute Gasteiger partial charge is 0.481 e. The van der Waals surface area contributed by atoms with Crippen LogP contribution < -0.4 is 4.74 Å². The molecule has 1 aliphatic rings. The smallest absolute Gasteiger partial charge is 0.260 e. The van der Waals surface area contributed by atoms with Gasteiger partial charge in [0.2, 0.25) is 10.0 Å². The summed E-state index contributed by atoms with van der Waals surface area (Å²) >= 11 is 0. The first kappa shape index (κ1) is 21.2. The van der Waals surface area contributed by atoms with Crippen LogP contribution in [0.4, 0.5) is 8.78 Å². The van der Waals surface area contributed by atoms with Gasteiger partial charge in [-0.05, 0) is 49.2 Å². The van der Waals surface area contributed by atoms with E-state index in [-0.39, 0.29) is 36.8 Å². The Hall–Kier alpha value is -2.52. The Morgan fingerprint density at radius 3 is 2.31 bits per heavy atom. The molecule has 0 spiro atoms. The quantitative estimate of drug-likeness (QED) is 0.740. The second-order valence-electron chi connectivity index (χ2n) is 6.89. The molecule has 156 valence electrons. The molecule has 0 aromatic heterocycles. The van der Waals surface area contributed by atoms with Gasteiger partial charge in [0.05, 0.1) is 4.90 Å². The molecule has 1 saturated heterocycles. The summed E-state index contributed by atoms with van der Waals surface area (Å²) in [7, 11) is -3.64. The number of sulfonamides is 1. The predicted octanol–water partition coefficient (Wildman–Crippen LogP) is 2.49. The molecule has 0 saturated carbocycles. The molecular weight excluding hydrogens is 402 g/mol. The van der Waals surface area contributed by atoms with E-state index in [0.717, 1.165) is 23.3 Å². The highest BCUT2D eigenvalue weighted by atomic mass is 32.2. The van der Waals surface area contributed by atoms with E-state index in [9.17, 15) is 22.0 Å². The Morgan fingerprint density at radius 1 is 1.00 bits per heavy atom. The van der Waals surface area contributed by atoms with E-state index >= 15 is 0 Å². The zero-order valence-electron chi connectivity index (χ0n) is 16.2. The summed E-state index contributed by atoms with van der Waals surface area (Å²) in [6.45, 7) is 4.09. The van der Waals surface area contributed by atoms with Crippen LogP contribution in [-0.4, -0.2) is 56.3 Å². The normalized spacial score (nSPS) is 15.4. The lowest BCUT2D eigenvalue weighted by Gasteiger charge is -2.34. The first-order valence-corrected chi connectivity index (χ1v) is 10.6. The van der Waals surface area contributed by atoms with Crippen LogP contribution in [0.1, 0.15) is 11.1 Å². The van der Waals surface area contributed by atoms with Crippen molar-refractivity contribution in [2.24, 2.45) is 0 Å². The highest BCUT2D eigenvalue weighted by molar-refractivity contribution is 7.89. The Labute approximate surface area is 168 Å². The van der Waals surface area contributed by atoms with Crippen molar-refractivity contribution in [2.75, 3.05) is 32.8 Å². The highest BCUT2D eigenvalue weighted by Gasteiger charge is 2.30. The summed E-state index contributed by atoms with van der Waals surface area (Å²) in [5, 5.41) is 0. The lowest BCUT2D eigenvalue weighted by molar-refractivity contribution is -0.134. The fraction of sp³-hybridized carbons (Fsp3) is 0.350. The van der Waals surface area contributed by atoms with Crippen molar-refractivity contribution in [3.05, 3.63) is 59.2 Å². The third-order valence-corrected chi connectivity index (χ3v) is 6.85. The number of carbonyl (C=O) groups excluding carboxylic acids is 1. The van der Waals surface area contributed by atoms with Gasteiger partial charge in [-0.3, -0.25) is 4.79 Å². The SMILES string of the molecule is Cc1ccc(S(=O)(=O)N2CCN(C(=O)COc3ccc(F)cc3F)CC2)cc1C. The Bertz CT molecular complexity index is 1020. The molecule has 1 fully saturated rings. The van der Waals surface area contributed by atoms with Crippen molar-refractivity contribution < 1.29 is 26.7 Å². The minimum Gasteiger partial charge on any atom is -0.481 e. The predicted molar refractivity (Wildman–Crippen MR) is 103 cm³/mol. The average Bonchev–Trinajstić information content (AvgIpc) is 2.69. The number of hydrogen-bond acceptors (Lipinski definition) is 4. The third kappa shape index (κ3) is 4.73. The summed E-state index contributed by atoms with van der Waals surface area (Å²) in [4.78, 5) is 14.0. The van der Waals surface area contributed by atoms with Crippen LogP contribution in [0.3, 0.4) is 0 Å². The first-order chi connectivity index (χ1) is 13.7. The maximum Gasteiger partial charge on any atom is 0.260 e. The topological polar surface area (TPSA) is 66.9 Å². The molecule has 0 unspecified atom stereocenters. The molecule has 2 aromatic rings. The van der Waals surface area contributed by atoms with Crippen LogP contribution in [0.25, 0.3) is 0 Å².